The van der Waals surface area contributed by atoms with E-state index in [4.69, 9.17) is 14.5 Å². The molecule has 2 aliphatic heterocycles. The molecule has 0 amide bonds. The maximum atomic E-state index is 5.95. The van der Waals surface area contributed by atoms with Crippen LogP contribution in [0.25, 0.3) is 10.6 Å². The molecule has 4 rings (SSSR count). The Hall–Kier alpha value is -1.23. The van der Waals surface area contributed by atoms with Crippen molar-refractivity contribution in [1.29, 1.82) is 0 Å². The zero-order valence-corrected chi connectivity index (χ0v) is 19.9. The molecule has 1 aromatic carbocycles. The number of hydrogen-bond donors (Lipinski definition) is 1. The minimum Gasteiger partial charge on any atom is -0.375 e. The van der Waals surface area contributed by atoms with Crippen molar-refractivity contribution in [1.82, 2.24) is 15.2 Å². The van der Waals surface area contributed by atoms with Crippen LogP contribution in [0.5, 0.6) is 0 Å². The first-order valence-electron chi connectivity index (χ1n) is 10.0. The lowest BCUT2D eigenvalue weighted by atomic mass is 10.1. The van der Waals surface area contributed by atoms with Gasteiger partial charge in [0.15, 0.2) is 5.96 Å². The first-order valence-corrected chi connectivity index (χ1v) is 10.9. The van der Waals surface area contributed by atoms with Gasteiger partial charge in [0.05, 0.1) is 18.4 Å². The smallest absolute Gasteiger partial charge is 0.193 e. The van der Waals surface area contributed by atoms with Crippen molar-refractivity contribution in [2.45, 2.75) is 31.5 Å². The zero-order valence-electron chi connectivity index (χ0n) is 16.8. The zero-order chi connectivity index (χ0) is 19.2. The van der Waals surface area contributed by atoms with E-state index in [1.807, 2.05) is 25.2 Å². The Balaban J connectivity index is 0.00000240. The maximum Gasteiger partial charge on any atom is 0.193 e. The third-order valence-corrected chi connectivity index (χ3v) is 6.16. The molecule has 2 fully saturated rings. The van der Waals surface area contributed by atoms with Crippen LogP contribution < -0.4 is 5.32 Å². The van der Waals surface area contributed by atoms with Gasteiger partial charge in [-0.1, -0.05) is 30.3 Å². The Kier molecular flexibility index (Phi) is 8.70. The Bertz CT molecular complexity index is 780. The highest BCUT2D eigenvalue weighted by Gasteiger charge is 2.32. The molecule has 1 N–H and O–H groups in total. The van der Waals surface area contributed by atoms with Crippen molar-refractivity contribution in [2.75, 3.05) is 39.9 Å². The number of guanidine groups is 1. The number of morpholine rings is 1. The molecule has 6 nitrogen and oxygen atoms in total. The lowest BCUT2D eigenvalue weighted by molar-refractivity contribution is -0.0816. The first-order chi connectivity index (χ1) is 13.8. The quantitative estimate of drug-likeness (QED) is 0.366. The molecular weight excluding hydrogens is 499 g/mol. The molecule has 3 heterocycles. The van der Waals surface area contributed by atoms with E-state index in [9.17, 15) is 0 Å². The molecule has 2 aromatic rings. The second-order valence-corrected chi connectivity index (χ2v) is 8.00. The second-order valence-electron chi connectivity index (χ2n) is 7.14. The predicted octanol–water partition coefficient (Wildman–Crippen LogP) is 3.43. The Morgan fingerprint density at radius 2 is 2.07 bits per heavy atom. The maximum absolute atomic E-state index is 5.95. The van der Waals surface area contributed by atoms with Gasteiger partial charge < -0.3 is 19.7 Å². The molecule has 0 saturated carbocycles. The van der Waals surface area contributed by atoms with E-state index in [0.29, 0.717) is 0 Å². The fraction of sp³-hybridized carbons (Fsp3) is 0.524. The summed E-state index contributed by atoms with van der Waals surface area (Å²) in [4.78, 5) is 11.5. The van der Waals surface area contributed by atoms with Crippen LogP contribution in [0.1, 0.15) is 18.5 Å². The number of nitrogens with zero attached hydrogens (tertiary/aromatic N) is 3. The van der Waals surface area contributed by atoms with E-state index < -0.39 is 0 Å². The van der Waals surface area contributed by atoms with Gasteiger partial charge in [0.1, 0.15) is 11.1 Å². The van der Waals surface area contributed by atoms with Crippen LogP contribution in [0, 0.1) is 0 Å². The van der Waals surface area contributed by atoms with Crippen LogP contribution in [0.2, 0.25) is 0 Å². The monoisotopic (exact) mass is 528 g/mol. The molecule has 0 aliphatic carbocycles. The number of aromatic nitrogens is 1. The molecule has 0 spiro atoms. The van der Waals surface area contributed by atoms with Crippen LogP contribution in [-0.4, -0.2) is 67.9 Å². The van der Waals surface area contributed by atoms with Crippen molar-refractivity contribution < 1.29 is 9.47 Å². The minimum atomic E-state index is 0. The summed E-state index contributed by atoms with van der Waals surface area (Å²) in [6.07, 6.45) is 3.48. The molecule has 0 radical (unpaired) electrons. The van der Waals surface area contributed by atoms with Gasteiger partial charge in [0.2, 0.25) is 0 Å². The standard InChI is InChI=1S/C21H28N4O2S.HI/c1-22-21(25-11-13-27-19(14-25)18-8-5-12-26-18)23-10-9-17-15-28-20(24-17)16-6-3-2-4-7-16;/h2-4,6-7,15,18-19H,5,8-14H2,1H3,(H,22,23);1H. The minimum absolute atomic E-state index is 0. The molecule has 2 saturated heterocycles. The number of thiazole rings is 1. The number of aliphatic imine (C=N–C) groups is 1. The van der Waals surface area contributed by atoms with Gasteiger partial charge in [-0.05, 0) is 12.8 Å². The van der Waals surface area contributed by atoms with Crippen LogP contribution in [0.15, 0.2) is 40.7 Å². The van der Waals surface area contributed by atoms with Gasteiger partial charge in [-0.15, -0.1) is 35.3 Å². The number of hydrogen-bond acceptors (Lipinski definition) is 5. The summed E-state index contributed by atoms with van der Waals surface area (Å²) >= 11 is 1.70. The summed E-state index contributed by atoms with van der Waals surface area (Å²) in [7, 11) is 1.84. The van der Waals surface area contributed by atoms with Gasteiger partial charge in [-0.2, -0.15) is 0 Å². The van der Waals surface area contributed by atoms with Crippen LogP contribution in [-0.2, 0) is 15.9 Å². The molecule has 158 valence electrons. The number of halogens is 1. The summed E-state index contributed by atoms with van der Waals surface area (Å²) in [6, 6.07) is 10.3. The molecule has 2 atom stereocenters. The number of nitrogens with one attached hydrogen (secondary N) is 1. The SMILES string of the molecule is CN=C(NCCc1csc(-c2ccccc2)n1)N1CCOC(C2CCCO2)C1.I. The van der Waals surface area contributed by atoms with Crippen LogP contribution in [0.4, 0.5) is 0 Å². The number of benzene rings is 1. The highest BCUT2D eigenvalue weighted by molar-refractivity contribution is 14.0. The molecule has 1 aromatic heterocycles. The normalized spacial score (nSPS) is 22.4. The van der Waals surface area contributed by atoms with Crippen molar-refractivity contribution in [3.63, 3.8) is 0 Å². The van der Waals surface area contributed by atoms with Gasteiger partial charge in [-0.25, -0.2) is 4.98 Å². The van der Waals surface area contributed by atoms with Gasteiger partial charge in [-0.3, -0.25) is 4.99 Å². The van der Waals surface area contributed by atoms with Crippen molar-refractivity contribution in [3.8, 4) is 10.6 Å². The summed E-state index contributed by atoms with van der Waals surface area (Å²) in [5.74, 6) is 0.935. The Morgan fingerprint density at radius 3 is 2.83 bits per heavy atom. The molecular formula is C21H29IN4O2S. The Morgan fingerprint density at radius 1 is 1.24 bits per heavy atom. The van der Waals surface area contributed by atoms with Gasteiger partial charge in [0, 0.05) is 50.7 Å². The molecule has 29 heavy (non-hydrogen) atoms. The van der Waals surface area contributed by atoms with Crippen molar-refractivity contribution in [3.05, 3.63) is 41.4 Å². The summed E-state index contributed by atoms with van der Waals surface area (Å²) in [6.45, 7) is 4.08. The molecule has 2 aliphatic rings. The van der Waals surface area contributed by atoms with E-state index >= 15 is 0 Å². The summed E-state index contributed by atoms with van der Waals surface area (Å²) in [5, 5.41) is 6.72. The largest absolute Gasteiger partial charge is 0.375 e. The lowest BCUT2D eigenvalue weighted by Gasteiger charge is -2.37. The van der Waals surface area contributed by atoms with E-state index in [-0.39, 0.29) is 36.2 Å². The lowest BCUT2D eigenvalue weighted by Crippen LogP contribution is -2.53. The van der Waals surface area contributed by atoms with E-state index in [1.54, 1.807) is 11.3 Å². The van der Waals surface area contributed by atoms with E-state index in [1.165, 1.54) is 5.56 Å². The average molecular weight is 528 g/mol. The highest BCUT2D eigenvalue weighted by Crippen LogP contribution is 2.23. The van der Waals surface area contributed by atoms with Crippen molar-refractivity contribution >= 4 is 41.3 Å². The first kappa shape index (κ1) is 22.5. The second kappa shape index (κ2) is 11.2. The summed E-state index contributed by atoms with van der Waals surface area (Å²) in [5.41, 5.74) is 2.29. The molecule has 2 unspecified atom stereocenters. The topological polar surface area (TPSA) is 59.0 Å². The third kappa shape index (κ3) is 5.90. The molecule has 8 heteroatoms. The number of rotatable bonds is 5. The average Bonchev–Trinajstić information content (AvgIpc) is 3.44. The molecule has 0 bridgehead atoms. The van der Waals surface area contributed by atoms with Crippen molar-refractivity contribution in [2.24, 2.45) is 4.99 Å². The van der Waals surface area contributed by atoms with Crippen LogP contribution in [0.3, 0.4) is 0 Å². The number of ether oxygens (including phenoxy) is 2. The van der Waals surface area contributed by atoms with E-state index in [0.717, 1.165) is 68.8 Å². The van der Waals surface area contributed by atoms with Gasteiger partial charge in [0.25, 0.3) is 0 Å². The fourth-order valence-electron chi connectivity index (χ4n) is 3.76. The van der Waals surface area contributed by atoms with E-state index in [2.05, 4.69) is 32.7 Å². The highest BCUT2D eigenvalue weighted by atomic mass is 127. The summed E-state index contributed by atoms with van der Waals surface area (Å²) < 4.78 is 11.8. The Labute approximate surface area is 193 Å². The third-order valence-electron chi connectivity index (χ3n) is 5.22. The fourth-order valence-corrected chi connectivity index (χ4v) is 4.62. The van der Waals surface area contributed by atoms with Crippen LogP contribution >= 0.6 is 35.3 Å². The van der Waals surface area contributed by atoms with Gasteiger partial charge >= 0.3 is 0 Å². The predicted molar refractivity (Wildman–Crippen MR) is 128 cm³/mol.